The molecule has 7 rings (SSSR count). The lowest BCUT2D eigenvalue weighted by Gasteiger charge is -2.15. The quantitative estimate of drug-likeness (QED) is 0.216. The smallest absolute Gasteiger partial charge is 0.262 e. The lowest BCUT2D eigenvalue weighted by molar-refractivity contribution is -0.136. The summed E-state index contributed by atoms with van der Waals surface area (Å²) in [5.74, 6) is -0.416. The molecule has 3 aromatic carbocycles. The highest BCUT2D eigenvalue weighted by Gasteiger charge is 2.43. The SMILES string of the molecule is Cc1c2c3ccccc3n1CCCCCCCn1c(C)c(c3ccccc31)C1=C2C(=O)N(Cc2ccccc2)C1=O. The first-order chi connectivity index (χ1) is 20.1. The Hall–Kier alpha value is -4.38. The van der Waals surface area contributed by atoms with Crippen molar-refractivity contribution in [2.75, 3.05) is 0 Å². The third-order valence-corrected chi connectivity index (χ3v) is 9.08. The molecule has 0 saturated carbocycles. The summed E-state index contributed by atoms with van der Waals surface area (Å²) in [5.41, 5.74) is 8.18. The summed E-state index contributed by atoms with van der Waals surface area (Å²) >= 11 is 0. The van der Waals surface area contributed by atoms with Crippen LogP contribution in [0.15, 0.2) is 78.9 Å². The van der Waals surface area contributed by atoms with Gasteiger partial charge in [-0.25, -0.2) is 0 Å². The number of carbonyl (C=O) groups excluding carboxylic acids is 2. The van der Waals surface area contributed by atoms with Crippen LogP contribution in [0.4, 0.5) is 0 Å². The Bertz CT molecular complexity index is 1740. The minimum atomic E-state index is -0.208. The van der Waals surface area contributed by atoms with Crippen molar-refractivity contribution in [1.82, 2.24) is 14.0 Å². The molecule has 206 valence electrons. The van der Waals surface area contributed by atoms with Gasteiger partial charge < -0.3 is 9.13 Å². The molecule has 0 fully saturated rings. The molecule has 0 aliphatic carbocycles. The number of hydrogen-bond donors (Lipinski definition) is 0. The van der Waals surface area contributed by atoms with Crippen LogP contribution in [0, 0.1) is 13.8 Å². The Morgan fingerprint density at radius 2 is 1.00 bits per heavy atom. The van der Waals surface area contributed by atoms with Crippen molar-refractivity contribution in [3.05, 3.63) is 107 Å². The Balaban J connectivity index is 1.55. The fourth-order valence-electron chi connectivity index (χ4n) is 7.09. The van der Waals surface area contributed by atoms with Crippen LogP contribution < -0.4 is 0 Å². The minimum Gasteiger partial charge on any atom is -0.344 e. The minimum absolute atomic E-state index is 0.208. The van der Waals surface area contributed by atoms with Crippen molar-refractivity contribution in [3.63, 3.8) is 0 Å². The third kappa shape index (κ3) is 4.06. The zero-order valence-electron chi connectivity index (χ0n) is 23.8. The van der Waals surface area contributed by atoms with Crippen LogP contribution in [0.3, 0.4) is 0 Å². The molecular weight excluding hydrogens is 506 g/mol. The van der Waals surface area contributed by atoms with Gasteiger partial charge in [0.05, 0.1) is 17.7 Å². The molecule has 2 aromatic heterocycles. The lowest BCUT2D eigenvalue weighted by atomic mass is 9.93. The van der Waals surface area contributed by atoms with Crippen molar-refractivity contribution in [2.24, 2.45) is 0 Å². The van der Waals surface area contributed by atoms with Gasteiger partial charge >= 0.3 is 0 Å². The second-order valence-electron chi connectivity index (χ2n) is 11.5. The van der Waals surface area contributed by atoms with Crippen LogP contribution in [0.25, 0.3) is 33.0 Å². The molecule has 0 saturated heterocycles. The largest absolute Gasteiger partial charge is 0.344 e. The Morgan fingerprint density at radius 3 is 1.51 bits per heavy atom. The third-order valence-electron chi connectivity index (χ3n) is 9.08. The zero-order chi connectivity index (χ0) is 28.1. The Morgan fingerprint density at radius 1 is 0.561 bits per heavy atom. The summed E-state index contributed by atoms with van der Waals surface area (Å²) in [5, 5.41) is 2.07. The molecule has 0 atom stereocenters. The molecule has 2 amide bonds. The van der Waals surface area contributed by atoms with Gasteiger partial charge in [-0.05, 0) is 44.4 Å². The predicted molar refractivity (Wildman–Crippen MR) is 165 cm³/mol. The second-order valence-corrected chi connectivity index (χ2v) is 11.5. The number of amides is 2. The van der Waals surface area contributed by atoms with Crippen LogP contribution in [0.5, 0.6) is 0 Å². The van der Waals surface area contributed by atoms with Crippen LogP contribution >= 0.6 is 0 Å². The number of carbonyl (C=O) groups is 2. The van der Waals surface area contributed by atoms with Crippen LogP contribution in [-0.2, 0) is 29.2 Å². The molecule has 5 heteroatoms. The molecule has 41 heavy (non-hydrogen) atoms. The van der Waals surface area contributed by atoms with E-state index in [1.54, 1.807) is 0 Å². The van der Waals surface area contributed by atoms with Gasteiger partial charge in [-0.2, -0.15) is 0 Å². The monoisotopic (exact) mass is 541 g/mol. The molecule has 5 aromatic rings. The number of aryl methyl sites for hydroxylation is 2. The van der Waals surface area contributed by atoms with Gasteiger partial charge in [0.15, 0.2) is 0 Å². The van der Waals surface area contributed by atoms with Crippen molar-refractivity contribution < 1.29 is 9.59 Å². The van der Waals surface area contributed by atoms with E-state index in [9.17, 15) is 9.59 Å². The predicted octanol–water partition coefficient (Wildman–Crippen LogP) is 7.66. The molecule has 4 heterocycles. The van der Waals surface area contributed by atoms with Crippen LogP contribution in [0.2, 0.25) is 0 Å². The van der Waals surface area contributed by atoms with Gasteiger partial charge in [-0.15, -0.1) is 0 Å². The zero-order valence-corrected chi connectivity index (χ0v) is 23.8. The second kappa shape index (κ2) is 10.2. The molecule has 2 aliphatic heterocycles. The van der Waals surface area contributed by atoms with Crippen molar-refractivity contribution in [3.8, 4) is 0 Å². The molecule has 5 nitrogen and oxygen atoms in total. The van der Waals surface area contributed by atoms with Crippen molar-refractivity contribution >= 4 is 44.8 Å². The average molecular weight is 542 g/mol. The first-order valence-corrected chi connectivity index (χ1v) is 14.9. The van der Waals surface area contributed by atoms with E-state index in [0.717, 1.165) is 75.8 Å². The molecule has 0 radical (unpaired) electrons. The summed E-state index contributed by atoms with van der Waals surface area (Å²) < 4.78 is 4.73. The van der Waals surface area contributed by atoms with Gasteiger partial charge in [0, 0.05) is 57.4 Å². The topological polar surface area (TPSA) is 47.2 Å². The highest BCUT2D eigenvalue weighted by atomic mass is 16.2. The Labute approximate surface area is 240 Å². The molecule has 0 spiro atoms. The molecule has 0 unspecified atom stereocenters. The normalized spacial score (nSPS) is 16.4. The number of para-hydroxylation sites is 2. The highest BCUT2D eigenvalue weighted by Crippen LogP contribution is 2.45. The summed E-state index contributed by atoms with van der Waals surface area (Å²) in [6, 6.07) is 26.5. The number of hydrogen-bond acceptors (Lipinski definition) is 2. The fourth-order valence-corrected chi connectivity index (χ4v) is 7.09. The number of imide groups is 1. The fraction of sp³-hybridized carbons (Fsp3) is 0.278. The summed E-state index contributed by atoms with van der Waals surface area (Å²) in [7, 11) is 0. The van der Waals surface area contributed by atoms with Crippen LogP contribution in [0.1, 0.15) is 60.2 Å². The van der Waals surface area contributed by atoms with Gasteiger partial charge in [-0.1, -0.05) is 86.0 Å². The van der Waals surface area contributed by atoms with Gasteiger partial charge in [0.25, 0.3) is 11.8 Å². The maximum atomic E-state index is 14.5. The highest BCUT2D eigenvalue weighted by molar-refractivity contribution is 6.51. The maximum Gasteiger partial charge on any atom is 0.262 e. The molecular formula is C36H35N3O2. The maximum absolute atomic E-state index is 14.5. The first-order valence-electron chi connectivity index (χ1n) is 14.9. The summed E-state index contributed by atoms with van der Waals surface area (Å²) in [6.07, 6.45) is 5.73. The Kier molecular flexibility index (Phi) is 6.38. The number of rotatable bonds is 2. The van der Waals surface area contributed by atoms with Gasteiger partial charge in [-0.3, -0.25) is 14.5 Å². The number of fused-ring (bicyclic) bond motifs is 12. The number of aromatic nitrogens is 2. The van der Waals surface area contributed by atoms with Gasteiger partial charge in [0.1, 0.15) is 0 Å². The summed E-state index contributed by atoms with van der Waals surface area (Å²) in [6.45, 7) is 6.29. The van der Waals surface area contributed by atoms with Crippen LogP contribution in [-0.4, -0.2) is 25.8 Å². The summed E-state index contributed by atoms with van der Waals surface area (Å²) in [4.78, 5) is 30.5. The van der Waals surface area contributed by atoms with E-state index in [0.29, 0.717) is 11.1 Å². The van der Waals surface area contributed by atoms with E-state index < -0.39 is 0 Å². The standard InChI is InChI=1S/C36H35N3O2/c1-24-31-27-17-9-11-19-29(27)37(24)21-13-4-3-5-14-22-38-25(2)32(28-18-10-12-20-30(28)38)34-33(31)35(40)39(36(34)41)23-26-15-7-6-8-16-26/h6-12,15-20H,3-5,13-14,21-23H2,1-2H3. The van der Waals surface area contributed by atoms with E-state index in [1.807, 2.05) is 42.5 Å². The first kappa shape index (κ1) is 25.6. The van der Waals surface area contributed by atoms with E-state index in [1.165, 1.54) is 24.2 Å². The van der Waals surface area contributed by atoms with E-state index in [-0.39, 0.29) is 18.4 Å². The van der Waals surface area contributed by atoms with E-state index in [4.69, 9.17) is 0 Å². The van der Waals surface area contributed by atoms with Gasteiger partial charge in [0.2, 0.25) is 0 Å². The van der Waals surface area contributed by atoms with E-state index in [2.05, 4.69) is 59.4 Å². The number of benzene rings is 3. The van der Waals surface area contributed by atoms with Crippen molar-refractivity contribution in [2.45, 2.75) is 65.6 Å². The lowest BCUT2D eigenvalue weighted by Crippen LogP contribution is -2.31. The molecule has 0 N–H and O–H groups in total. The number of nitrogens with zero attached hydrogens (tertiary/aromatic N) is 3. The van der Waals surface area contributed by atoms with E-state index >= 15 is 0 Å². The average Bonchev–Trinajstić information content (AvgIpc) is 3.51. The molecule has 2 aliphatic rings. The van der Waals surface area contributed by atoms with Crippen molar-refractivity contribution in [1.29, 1.82) is 0 Å². The molecule has 4 bridgehead atoms.